The van der Waals surface area contributed by atoms with E-state index in [1.54, 1.807) is 6.92 Å². The molecule has 1 amide bonds. The standard InChI is InChI=1S/C14H21ClN4O/c1-4-12-13(15)16-9(2)17-14(12)19-7-5-6-11(8-19)18-10(3)20/h11H,4-8H2,1-3H3,(H,18,20)/t11-/m1/s1. The number of rotatable bonds is 3. The Balaban J connectivity index is 2.24. The number of aromatic nitrogens is 2. The average Bonchev–Trinajstić information content (AvgIpc) is 2.37. The van der Waals surface area contributed by atoms with Crippen LogP contribution in [0.15, 0.2) is 0 Å². The van der Waals surface area contributed by atoms with Crippen LogP contribution in [0.1, 0.15) is 38.1 Å². The Morgan fingerprint density at radius 1 is 1.50 bits per heavy atom. The van der Waals surface area contributed by atoms with E-state index in [1.165, 1.54) is 0 Å². The summed E-state index contributed by atoms with van der Waals surface area (Å²) in [5.41, 5.74) is 0.987. The summed E-state index contributed by atoms with van der Waals surface area (Å²) in [5, 5.41) is 3.53. The molecule has 1 aromatic rings. The third-order valence-electron chi connectivity index (χ3n) is 3.53. The van der Waals surface area contributed by atoms with E-state index in [1.807, 2.05) is 6.92 Å². The Labute approximate surface area is 124 Å². The molecule has 1 aliphatic heterocycles. The van der Waals surface area contributed by atoms with Gasteiger partial charge in [0.25, 0.3) is 0 Å². The quantitative estimate of drug-likeness (QED) is 0.868. The van der Waals surface area contributed by atoms with Crippen LogP contribution < -0.4 is 10.2 Å². The van der Waals surface area contributed by atoms with E-state index in [0.717, 1.165) is 43.7 Å². The Kier molecular flexibility index (Phi) is 4.81. The van der Waals surface area contributed by atoms with Crippen LogP contribution in [0.5, 0.6) is 0 Å². The normalized spacial score (nSPS) is 19.0. The summed E-state index contributed by atoms with van der Waals surface area (Å²) in [5.74, 6) is 1.62. The van der Waals surface area contributed by atoms with Crippen molar-refractivity contribution in [1.82, 2.24) is 15.3 Å². The van der Waals surface area contributed by atoms with Crippen LogP contribution in [-0.2, 0) is 11.2 Å². The summed E-state index contributed by atoms with van der Waals surface area (Å²) in [6.07, 6.45) is 2.85. The monoisotopic (exact) mass is 296 g/mol. The van der Waals surface area contributed by atoms with Gasteiger partial charge < -0.3 is 10.2 Å². The zero-order valence-electron chi connectivity index (χ0n) is 12.2. The number of hydrogen-bond donors (Lipinski definition) is 1. The van der Waals surface area contributed by atoms with Crippen molar-refractivity contribution in [3.05, 3.63) is 16.5 Å². The third-order valence-corrected chi connectivity index (χ3v) is 3.84. The number of halogens is 1. The lowest BCUT2D eigenvalue weighted by atomic mass is 10.0. The van der Waals surface area contributed by atoms with Gasteiger partial charge in [0.15, 0.2) is 0 Å². The number of nitrogens with zero attached hydrogens (tertiary/aromatic N) is 3. The first-order valence-corrected chi connectivity index (χ1v) is 7.44. The maximum Gasteiger partial charge on any atom is 0.217 e. The Morgan fingerprint density at radius 3 is 2.90 bits per heavy atom. The maximum atomic E-state index is 11.2. The number of hydrogen-bond acceptors (Lipinski definition) is 4. The highest BCUT2D eigenvalue weighted by Gasteiger charge is 2.24. The van der Waals surface area contributed by atoms with Gasteiger partial charge in [-0.15, -0.1) is 0 Å². The fourth-order valence-corrected chi connectivity index (χ4v) is 3.03. The smallest absolute Gasteiger partial charge is 0.217 e. The second-order valence-electron chi connectivity index (χ2n) is 5.20. The lowest BCUT2D eigenvalue weighted by Crippen LogP contribution is -2.47. The van der Waals surface area contributed by atoms with E-state index in [2.05, 4.69) is 27.1 Å². The number of amides is 1. The molecule has 0 aromatic carbocycles. The third kappa shape index (κ3) is 3.39. The molecule has 1 aromatic heterocycles. The molecule has 0 bridgehead atoms. The summed E-state index contributed by atoms with van der Waals surface area (Å²) >= 11 is 6.23. The fourth-order valence-electron chi connectivity index (χ4n) is 2.69. The highest BCUT2D eigenvalue weighted by Crippen LogP contribution is 2.27. The topological polar surface area (TPSA) is 58.1 Å². The molecule has 1 aliphatic rings. The summed E-state index contributed by atoms with van der Waals surface area (Å²) in [6.45, 7) is 7.18. The zero-order chi connectivity index (χ0) is 14.7. The van der Waals surface area contributed by atoms with E-state index in [9.17, 15) is 4.79 Å². The summed E-state index contributed by atoms with van der Waals surface area (Å²) in [6, 6.07) is 0.181. The van der Waals surface area contributed by atoms with Crippen LogP contribution in [0.4, 0.5) is 5.82 Å². The fraction of sp³-hybridized carbons (Fsp3) is 0.643. The van der Waals surface area contributed by atoms with Gasteiger partial charge in [-0.3, -0.25) is 4.79 Å². The number of nitrogens with one attached hydrogen (secondary N) is 1. The first-order chi connectivity index (χ1) is 9.51. The molecule has 1 N–H and O–H groups in total. The first-order valence-electron chi connectivity index (χ1n) is 7.06. The number of aryl methyl sites for hydroxylation is 1. The van der Waals surface area contributed by atoms with E-state index < -0.39 is 0 Å². The highest BCUT2D eigenvalue weighted by molar-refractivity contribution is 6.30. The van der Waals surface area contributed by atoms with Crippen LogP contribution in [0.3, 0.4) is 0 Å². The minimum atomic E-state index is 0.0180. The summed E-state index contributed by atoms with van der Waals surface area (Å²) < 4.78 is 0. The van der Waals surface area contributed by atoms with Gasteiger partial charge in [-0.25, -0.2) is 9.97 Å². The predicted molar refractivity (Wildman–Crippen MR) is 80.2 cm³/mol. The van der Waals surface area contributed by atoms with Crippen molar-refractivity contribution in [1.29, 1.82) is 0 Å². The molecule has 0 unspecified atom stereocenters. The molecule has 1 atom stereocenters. The van der Waals surface area contributed by atoms with Gasteiger partial charge in [0.1, 0.15) is 16.8 Å². The van der Waals surface area contributed by atoms with E-state index in [0.29, 0.717) is 11.0 Å². The van der Waals surface area contributed by atoms with Gasteiger partial charge in [-0.1, -0.05) is 18.5 Å². The SMILES string of the molecule is CCc1c(Cl)nc(C)nc1N1CCC[C@@H](NC(C)=O)C1. The van der Waals surface area contributed by atoms with Crippen molar-refractivity contribution in [3.8, 4) is 0 Å². The van der Waals surface area contributed by atoms with Gasteiger partial charge in [0, 0.05) is 31.6 Å². The van der Waals surface area contributed by atoms with Crippen LogP contribution in [0.2, 0.25) is 5.15 Å². The molecule has 110 valence electrons. The molecule has 1 saturated heterocycles. The number of carbonyl (C=O) groups is 1. The van der Waals surface area contributed by atoms with Crippen molar-refractivity contribution < 1.29 is 4.79 Å². The number of anilines is 1. The molecule has 2 heterocycles. The van der Waals surface area contributed by atoms with Crippen molar-refractivity contribution >= 4 is 23.3 Å². The van der Waals surface area contributed by atoms with Crippen LogP contribution in [-0.4, -0.2) is 35.0 Å². The van der Waals surface area contributed by atoms with Gasteiger partial charge in [0.2, 0.25) is 5.91 Å². The van der Waals surface area contributed by atoms with Crippen LogP contribution >= 0.6 is 11.6 Å². The minimum Gasteiger partial charge on any atom is -0.354 e. The van der Waals surface area contributed by atoms with Crippen LogP contribution in [0.25, 0.3) is 0 Å². The zero-order valence-corrected chi connectivity index (χ0v) is 13.0. The average molecular weight is 297 g/mol. The van der Waals surface area contributed by atoms with Gasteiger partial charge in [0.05, 0.1) is 0 Å². The Bertz CT molecular complexity index is 506. The molecule has 0 aliphatic carbocycles. The Hall–Kier alpha value is -1.36. The van der Waals surface area contributed by atoms with Gasteiger partial charge >= 0.3 is 0 Å². The maximum absolute atomic E-state index is 11.2. The van der Waals surface area contributed by atoms with E-state index in [4.69, 9.17) is 11.6 Å². The molecule has 5 nitrogen and oxygen atoms in total. The molecule has 2 rings (SSSR count). The number of carbonyl (C=O) groups excluding carboxylic acids is 1. The Morgan fingerprint density at radius 2 is 2.25 bits per heavy atom. The second kappa shape index (κ2) is 6.39. The molecular weight excluding hydrogens is 276 g/mol. The molecule has 0 saturated carbocycles. The molecular formula is C14H21ClN4O. The minimum absolute atomic E-state index is 0.0180. The lowest BCUT2D eigenvalue weighted by molar-refractivity contribution is -0.119. The molecule has 6 heteroatoms. The van der Waals surface area contributed by atoms with Crippen molar-refractivity contribution in [2.24, 2.45) is 0 Å². The van der Waals surface area contributed by atoms with Crippen molar-refractivity contribution in [3.63, 3.8) is 0 Å². The molecule has 0 radical (unpaired) electrons. The van der Waals surface area contributed by atoms with Crippen LogP contribution in [0, 0.1) is 6.92 Å². The second-order valence-corrected chi connectivity index (χ2v) is 5.56. The summed E-state index contributed by atoms with van der Waals surface area (Å²) in [4.78, 5) is 22.2. The molecule has 20 heavy (non-hydrogen) atoms. The van der Waals surface area contributed by atoms with E-state index in [-0.39, 0.29) is 11.9 Å². The van der Waals surface area contributed by atoms with Crippen molar-refractivity contribution in [2.45, 2.75) is 46.1 Å². The molecule has 1 fully saturated rings. The largest absolute Gasteiger partial charge is 0.354 e. The molecule has 0 spiro atoms. The van der Waals surface area contributed by atoms with Gasteiger partial charge in [-0.05, 0) is 26.2 Å². The summed E-state index contributed by atoms with van der Waals surface area (Å²) in [7, 11) is 0. The van der Waals surface area contributed by atoms with Gasteiger partial charge in [-0.2, -0.15) is 0 Å². The first kappa shape index (κ1) is 15.0. The highest BCUT2D eigenvalue weighted by atomic mass is 35.5. The van der Waals surface area contributed by atoms with Crippen molar-refractivity contribution in [2.75, 3.05) is 18.0 Å². The van der Waals surface area contributed by atoms with E-state index >= 15 is 0 Å². The predicted octanol–water partition coefficient (Wildman–Crippen LogP) is 2.11. The number of piperidine rings is 1. The lowest BCUT2D eigenvalue weighted by Gasteiger charge is -2.35.